The van der Waals surface area contributed by atoms with Gasteiger partial charge in [0.15, 0.2) is 11.6 Å². The minimum Gasteiger partial charge on any atom is -0.207 e. The van der Waals surface area contributed by atoms with Gasteiger partial charge < -0.3 is 0 Å². The molecule has 0 heterocycles. The van der Waals surface area contributed by atoms with Gasteiger partial charge in [0, 0.05) is 5.56 Å². The molecule has 0 radical (unpaired) electrons. The number of benzene rings is 1. The fourth-order valence-corrected chi connectivity index (χ4v) is 3.62. The van der Waals surface area contributed by atoms with Crippen LogP contribution in [0.3, 0.4) is 0 Å². The summed E-state index contributed by atoms with van der Waals surface area (Å²) in [4.78, 5) is 0. The molecular formula is C19H27F3. The van der Waals surface area contributed by atoms with E-state index in [9.17, 15) is 13.2 Å². The molecule has 0 spiro atoms. The van der Waals surface area contributed by atoms with Gasteiger partial charge in [-0.05, 0) is 56.1 Å². The summed E-state index contributed by atoms with van der Waals surface area (Å²) in [6.45, 7) is 3.49. The molecule has 0 atom stereocenters. The Morgan fingerprint density at radius 3 is 2.27 bits per heavy atom. The lowest BCUT2D eigenvalue weighted by molar-refractivity contribution is 0.296. The number of hydrogen-bond donors (Lipinski definition) is 0. The van der Waals surface area contributed by atoms with E-state index in [2.05, 4.69) is 6.92 Å². The topological polar surface area (TPSA) is 0 Å². The van der Waals surface area contributed by atoms with Crippen molar-refractivity contribution < 1.29 is 13.2 Å². The van der Waals surface area contributed by atoms with Gasteiger partial charge >= 0.3 is 0 Å². The Bertz CT molecular complexity index is 488. The maximum atomic E-state index is 14.1. The van der Waals surface area contributed by atoms with Crippen LogP contribution in [0.15, 0.2) is 6.07 Å². The molecule has 1 aromatic carbocycles. The van der Waals surface area contributed by atoms with Crippen molar-refractivity contribution in [2.45, 2.75) is 77.6 Å². The second-order valence-corrected chi connectivity index (χ2v) is 6.77. The van der Waals surface area contributed by atoms with Crippen molar-refractivity contribution >= 4 is 0 Å². The molecule has 0 saturated heterocycles. The van der Waals surface area contributed by atoms with Crippen molar-refractivity contribution in [3.8, 4) is 0 Å². The molecule has 1 aromatic rings. The van der Waals surface area contributed by atoms with E-state index in [1.54, 1.807) is 0 Å². The van der Waals surface area contributed by atoms with Crippen molar-refractivity contribution in [1.29, 1.82) is 0 Å². The van der Waals surface area contributed by atoms with Crippen LogP contribution in [-0.4, -0.2) is 0 Å². The Balaban J connectivity index is 1.92. The summed E-state index contributed by atoms with van der Waals surface area (Å²) in [5, 5.41) is 0. The van der Waals surface area contributed by atoms with E-state index in [1.807, 2.05) is 0 Å². The lowest BCUT2D eigenvalue weighted by Crippen LogP contribution is -2.15. The van der Waals surface area contributed by atoms with Crippen LogP contribution in [0, 0.1) is 30.3 Å². The van der Waals surface area contributed by atoms with Crippen LogP contribution in [0.2, 0.25) is 0 Å². The van der Waals surface area contributed by atoms with Gasteiger partial charge in [0.05, 0.1) is 0 Å². The molecule has 0 nitrogen and oxygen atoms in total. The zero-order valence-corrected chi connectivity index (χ0v) is 13.7. The molecule has 0 unspecified atom stereocenters. The fourth-order valence-electron chi connectivity index (χ4n) is 3.62. The molecule has 3 heteroatoms. The first-order valence-corrected chi connectivity index (χ1v) is 8.68. The average molecular weight is 312 g/mol. The monoisotopic (exact) mass is 312 g/mol. The summed E-state index contributed by atoms with van der Waals surface area (Å²) in [5.74, 6) is -1.81. The predicted molar refractivity (Wildman–Crippen MR) is 84.5 cm³/mol. The molecule has 0 amide bonds. The SMILES string of the molecule is CCCCCCC1CCC(c2cc(F)c(C)c(F)c2F)CC1. The normalized spacial score (nSPS) is 22.0. The molecule has 1 fully saturated rings. The summed E-state index contributed by atoms with van der Waals surface area (Å²) in [6.07, 6.45) is 10.1. The van der Waals surface area contributed by atoms with Crippen LogP contribution < -0.4 is 0 Å². The maximum absolute atomic E-state index is 14.1. The van der Waals surface area contributed by atoms with Gasteiger partial charge in [-0.25, -0.2) is 13.2 Å². The highest BCUT2D eigenvalue weighted by atomic mass is 19.2. The average Bonchev–Trinajstić information content (AvgIpc) is 2.54. The number of rotatable bonds is 6. The molecule has 0 aromatic heterocycles. The quantitative estimate of drug-likeness (QED) is 0.407. The van der Waals surface area contributed by atoms with E-state index >= 15 is 0 Å². The van der Waals surface area contributed by atoms with E-state index in [0.29, 0.717) is 5.92 Å². The zero-order chi connectivity index (χ0) is 16.1. The Morgan fingerprint density at radius 2 is 1.64 bits per heavy atom. The minimum absolute atomic E-state index is 0.0310. The van der Waals surface area contributed by atoms with Crippen LogP contribution in [-0.2, 0) is 0 Å². The highest BCUT2D eigenvalue weighted by molar-refractivity contribution is 5.30. The highest BCUT2D eigenvalue weighted by Crippen LogP contribution is 2.39. The maximum Gasteiger partial charge on any atom is 0.164 e. The molecule has 0 aliphatic heterocycles. The summed E-state index contributed by atoms with van der Waals surface area (Å²) in [5.41, 5.74) is 0.0240. The third-order valence-corrected chi connectivity index (χ3v) is 5.17. The Kier molecular flexibility index (Phi) is 6.34. The van der Waals surface area contributed by atoms with E-state index in [0.717, 1.165) is 25.7 Å². The number of halogens is 3. The van der Waals surface area contributed by atoms with Crippen molar-refractivity contribution in [2.24, 2.45) is 5.92 Å². The van der Waals surface area contributed by atoms with Crippen LogP contribution >= 0.6 is 0 Å². The molecule has 124 valence electrons. The summed E-state index contributed by atoms with van der Waals surface area (Å²) in [6, 6.07) is 1.21. The third-order valence-electron chi connectivity index (χ3n) is 5.17. The van der Waals surface area contributed by atoms with Crippen LogP contribution in [0.5, 0.6) is 0 Å². The van der Waals surface area contributed by atoms with Gasteiger partial charge in [-0.15, -0.1) is 0 Å². The third kappa shape index (κ3) is 4.05. The molecule has 1 aliphatic rings. The Morgan fingerprint density at radius 1 is 0.955 bits per heavy atom. The first kappa shape index (κ1) is 17.4. The van der Waals surface area contributed by atoms with E-state index in [-0.39, 0.29) is 17.0 Å². The van der Waals surface area contributed by atoms with Crippen molar-refractivity contribution in [3.63, 3.8) is 0 Å². The highest BCUT2D eigenvalue weighted by Gasteiger charge is 2.27. The van der Waals surface area contributed by atoms with Gasteiger partial charge in [0.1, 0.15) is 5.82 Å². The van der Waals surface area contributed by atoms with E-state index in [1.165, 1.54) is 45.1 Å². The smallest absolute Gasteiger partial charge is 0.164 e. The summed E-state index contributed by atoms with van der Waals surface area (Å²) in [7, 11) is 0. The zero-order valence-electron chi connectivity index (χ0n) is 13.7. The summed E-state index contributed by atoms with van der Waals surface area (Å²) >= 11 is 0. The van der Waals surface area contributed by atoms with Gasteiger partial charge in [0.2, 0.25) is 0 Å². The van der Waals surface area contributed by atoms with Crippen LogP contribution in [0.1, 0.15) is 81.8 Å². The molecule has 2 rings (SSSR count). The van der Waals surface area contributed by atoms with E-state index < -0.39 is 17.5 Å². The number of unbranched alkanes of at least 4 members (excludes halogenated alkanes) is 3. The van der Waals surface area contributed by atoms with Gasteiger partial charge in [-0.1, -0.05) is 39.0 Å². The largest absolute Gasteiger partial charge is 0.207 e. The molecule has 0 bridgehead atoms. The van der Waals surface area contributed by atoms with Crippen molar-refractivity contribution in [1.82, 2.24) is 0 Å². The number of hydrogen-bond acceptors (Lipinski definition) is 0. The lowest BCUT2D eigenvalue weighted by Gasteiger charge is -2.29. The fraction of sp³-hybridized carbons (Fsp3) is 0.684. The second kappa shape index (κ2) is 8.03. The first-order chi connectivity index (χ1) is 10.5. The van der Waals surface area contributed by atoms with Crippen molar-refractivity contribution in [3.05, 3.63) is 34.6 Å². The van der Waals surface area contributed by atoms with Crippen LogP contribution in [0.4, 0.5) is 13.2 Å². The Labute approximate surface area is 132 Å². The first-order valence-electron chi connectivity index (χ1n) is 8.68. The molecule has 22 heavy (non-hydrogen) atoms. The van der Waals surface area contributed by atoms with Gasteiger partial charge in [0.25, 0.3) is 0 Å². The lowest BCUT2D eigenvalue weighted by atomic mass is 9.76. The molecule has 1 aliphatic carbocycles. The van der Waals surface area contributed by atoms with Gasteiger partial charge in [-0.2, -0.15) is 0 Å². The standard InChI is InChI=1S/C19H27F3/c1-3-4-5-6-7-14-8-10-15(11-9-14)16-12-17(20)13(2)18(21)19(16)22/h12,14-15H,3-11H2,1-2H3. The molecule has 1 saturated carbocycles. The second-order valence-electron chi connectivity index (χ2n) is 6.77. The van der Waals surface area contributed by atoms with Gasteiger partial charge in [-0.3, -0.25) is 0 Å². The molecule has 0 N–H and O–H groups in total. The van der Waals surface area contributed by atoms with Crippen molar-refractivity contribution in [2.75, 3.05) is 0 Å². The summed E-state index contributed by atoms with van der Waals surface area (Å²) < 4.78 is 41.5. The predicted octanol–water partition coefficient (Wildman–Crippen LogP) is 6.66. The van der Waals surface area contributed by atoms with Crippen LogP contribution in [0.25, 0.3) is 0 Å². The molecular weight excluding hydrogens is 285 g/mol. The minimum atomic E-state index is -1.02. The Hall–Kier alpha value is -0.990. The van der Waals surface area contributed by atoms with E-state index in [4.69, 9.17) is 0 Å².